The van der Waals surface area contributed by atoms with Gasteiger partial charge in [0, 0.05) is 46.4 Å². The van der Waals surface area contributed by atoms with E-state index in [4.69, 9.17) is 22.6 Å². The highest BCUT2D eigenvalue weighted by molar-refractivity contribution is 6.32. The monoisotopic (exact) mass is 690 g/mol. The maximum Gasteiger partial charge on any atom is 0.326 e. The summed E-state index contributed by atoms with van der Waals surface area (Å²) in [4.78, 5) is 70.1. The van der Waals surface area contributed by atoms with Crippen LogP contribution in [0.15, 0.2) is 60.8 Å². The van der Waals surface area contributed by atoms with E-state index in [2.05, 4.69) is 32.6 Å². The number of benzene rings is 2. The second-order valence-electron chi connectivity index (χ2n) is 10.6. The Balaban J connectivity index is 0.00000520. The van der Waals surface area contributed by atoms with Gasteiger partial charge in [-0.15, -0.1) is 12.4 Å². The minimum atomic E-state index is -1.29. The number of aromatic nitrogens is 2. The lowest BCUT2D eigenvalue weighted by atomic mass is 10.0. The van der Waals surface area contributed by atoms with Gasteiger partial charge in [-0.05, 0) is 55.7 Å². The van der Waals surface area contributed by atoms with E-state index in [1.807, 2.05) is 0 Å². The number of rotatable bonds is 7. The van der Waals surface area contributed by atoms with Gasteiger partial charge in [-0.1, -0.05) is 35.6 Å². The zero-order valence-corrected chi connectivity index (χ0v) is 26.6. The van der Waals surface area contributed by atoms with Crippen LogP contribution in [0.4, 0.5) is 5.82 Å². The Labute approximate surface area is 284 Å². The highest BCUT2D eigenvalue weighted by Gasteiger charge is 2.32. The van der Waals surface area contributed by atoms with Crippen LogP contribution in [0.1, 0.15) is 57.5 Å². The van der Waals surface area contributed by atoms with Crippen molar-refractivity contribution >= 4 is 70.4 Å². The number of nitrogens with one attached hydrogen (secondary N) is 2. The fourth-order valence-electron chi connectivity index (χ4n) is 5.14. The number of fused-ring (bicyclic) bond motifs is 1. The summed E-state index contributed by atoms with van der Waals surface area (Å²) in [5.74, 6) is 7.40. The Morgan fingerprint density at radius 2 is 1.75 bits per heavy atom. The molecule has 0 spiro atoms. The molecule has 1 atom stereocenters. The molecule has 0 bridgehead atoms. The summed E-state index contributed by atoms with van der Waals surface area (Å²) in [6, 6.07) is 13.8. The predicted molar refractivity (Wildman–Crippen MR) is 179 cm³/mol. The first-order chi connectivity index (χ1) is 22.5. The molecule has 5 rings (SSSR count). The van der Waals surface area contributed by atoms with Crippen LogP contribution in [0.2, 0.25) is 5.02 Å². The third kappa shape index (κ3) is 8.05. The number of carbonyl (C=O) groups is 5. The van der Waals surface area contributed by atoms with E-state index in [1.54, 1.807) is 42.5 Å². The van der Waals surface area contributed by atoms with Crippen molar-refractivity contribution in [3.05, 3.63) is 88.1 Å². The molecular formula is C33H28Cl2N6O7. The number of hydrogen-bond donors (Lipinski definition) is 5. The van der Waals surface area contributed by atoms with Gasteiger partial charge in [-0.25, -0.2) is 20.6 Å². The van der Waals surface area contributed by atoms with Crippen LogP contribution in [-0.2, 0) is 14.4 Å². The fraction of sp³-hybridized carbons (Fsp3) is 0.182. The van der Waals surface area contributed by atoms with Crippen molar-refractivity contribution in [1.29, 1.82) is 0 Å². The van der Waals surface area contributed by atoms with Crippen LogP contribution < -0.4 is 16.6 Å². The molecule has 1 fully saturated rings. The molecule has 0 radical (unpaired) electrons. The number of hydrazine groups is 1. The van der Waals surface area contributed by atoms with Crippen molar-refractivity contribution in [3.8, 4) is 23.1 Å². The molecule has 1 aliphatic rings. The maximum absolute atomic E-state index is 13.0. The Bertz CT molecular complexity index is 1990. The van der Waals surface area contributed by atoms with E-state index < -0.39 is 36.2 Å². The van der Waals surface area contributed by atoms with Crippen LogP contribution in [0.3, 0.4) is 0 Å². The molecular weight excluding hydrogens is 663 g/mol. The number of nitrogens with zero attached hydrogens (tertiary/aromatic N) is 3. The van der Waals surface area contributed by atoms with Crippen molar-refractivity contribution in [1.82, 2.24) is 20.3 Å². The number of nitrogens with two attached hydrogens (primary N) is 1. The molecule has 0 aliphatic carbocycles. The number of piperidine rings is 1. The van der Waals surface area contributed by atoms with Gasteiger partial charge < -0.3 is 20.4 Å². The largest absolute Gasteiger partial charge is 0.481 e. The van der Waals surface area contributed by atoms with E-state index in [0.29, 0.717) is 46.3 Å². The van der Waals surface area contributed by atoms with Crippen molar-refractivity contribution in [2.24, 2.45) is 5.84 Å². The van der Waals surface area contributed by atoms with Crippen molar-refractivity contribution in [2.45, 2.75) is 31.7 Å². The molecule has 48 heavy (non-hydrogen) atoms. The van der Waals surface area contributed by atoms with Gasteiger partial charge in [0.05, 0.1) is 21.8 Å². The highest BCUT2D eigenvalue weighted by atomic mass is 35.5. The van der Waals surface area contributed by atoms with Gasteiger partial charge in [0.15, 0.2) is 0 Å². The molecule has 1 aliphatic heterocycles. The number of amides is 3. The number of aliphatic carboxylic acids is 2. The standard InChI is InChI=1S/C33H27ClN6O7.ClH/c34-24-13-21(32(45)40-12-2-1-3-27(40)33(46)47)11-10-19(24)7-4-18-5-8-20(9-6-18)25-14-22(31(44)39-35)23-17-36-28(15-26(23)37-25)38-29(41)16-30(42)43;/h5-6,8-11,13-15,17,27H,1-3,12,16,35H2,(H,39,44)(H,42,43)(H,46,47)(H,36,38,41);1H. The Hall–Kier alpha value is -5.55. The second-order valence-corrected chi connectivity index (χ2v) is 11.0. The summed E-state index contributed by atoms with van der Waals surface area (Å²) >= 11 is 6.45. The molecule has 15 heteroatoms. The molecule has 0 saturated carbocycles. The van der Waals surface area contributed by atoms with Gasteiger partial charge in [0.2, 0.25) is 5.91 Å². The lowest BCUT2D eigenvalue weighted by Crippen LogP contribution is -2.47. The van der Waals surface area contributed by atoms with E-state index in [-0.39, 0.29) is 40.3 Å². The average molecular weight is 692 g/mol. The van der Waals surface area contributed by atoms with Crippen LogP contribution in [0, 0.1) is 11.8 Å². The molecule has 246 valence electrons. The van der Waals surface area contributed by atoms with Gasteiger partial charge in [-0.3, -0.25) is 24.6 Å². The molecule has 1 unspecified atom stereocenters. The second kappa shape index (κ2) is 15.4. The van der Waals surface area contributed by atoms with E-state index >= 15 is 0 Å². The van der Waals surface area contributed by atoms with Gasteiger partial charge >= 0.3 is 11.9 Å². The summed E-state index contributed by atoms with van der Waals surface area (Å²) in [6.07, 6.45) is 2.49. The molecule has 13 nitrogen and oxygen atoms in total. The van der Waals surface area contributed by atoms with Crippen LogP contribution in [0.5, 0.6) is 0 Å². The van der Waals surface area contributed by atoms with E-state index in [1.165, 1.54) is 23.2 Å². The highest BCUT2D eigenvalue weighted by Crippen LogP contribution is 2.27. The Morgan fingerprint density at radius 1 is 1.00 bits per heavy atom. The summed E-state index contributed by atoms with van der Waals surface area (Å²) in [5.41, 5.74) is 5.03. The summed E-state index contributed by atoms with van der Waals surface area (Å²) in [5, 5.41) is 21.4. The SMILES string of the molecule is Cl.NNC(=O)c1cc(-c2ccc(C#Cc3ccc(C(=O)N4CCCCC4C(=O)O)cc3Cl)cc2)nc2cc(NC(=O)CC(=O)O)ncc12. The zero-order valence-electron chi connectivity index (χ0n) is 25.0. The summed E-state index contributed by atoms with van der Waals surface area (Å²) in [7, 11) is 0. The van der Waals surface area contributed by atoms with E-state index in [0.717, 1.165) is 12.8 Å². The number of carbonyl (C=O) groups excluding carboxylic acids is 3. The van der Waals surface area contributed by atoms with Gasteiger partial charge in [0.1, 0.15) is 18.3 Å². The molecule has 2 aromatic carbocycles. The lowest BCUT2D eigenvalue weighted by molar-refractivity contribution is -0.143. The minimum Gasteiger partial charge on any atom is -0.481 e. The zero-order chi connectivity index (χ0) is 33.7. The number of halogens is 2. The maximum atomic E-state index is 13.0. The van der Waals surface area contributed by atoms with Crippen molar-refractivity contribution in [3.63, 3.8) is 0 Å². The summed E-state index contributed by atoms with van der Waals surface area (Å²) < 4.78 is 0. The van der Waals surface area contributed by atoms with Crippen LogP contribution in [0.25, 0.3) is 22.2 Å². The number of hydrogen-bond acceptors (Lipinski definition) is 8. The number of carboxylic acid groups (broad SMARTS) is 2. The number of anilines is 1. The normalized spacial score (nSPS) is 13.8. The van der Waals surface area contributed by atoms with Crippen molar-refractivity contribution in [2.75, 3.05) is 11.9 Å². The quantitative estimate of drug-likeness (QED) is 0.0622. The number of carboxylic acids is 2. The molecule has 6 N–H and O–H groups in total. The van der Waals surface area contributed by atoms with Crippen LogP contribution >= 0.6 is 24.0 Å². The first-order valence-corrected chi connectivity index (χ1v) is 14.7. The fourth-order valence-corrected chi connectivity index (χ4v) is 5.37. The molecule has 1 saturated heterocycles. The first-order valence-electron chi connectivity index (χ1n) is 14.3. The van der Waals surface area contributed by atoms with Crippen molar-refractivity contribution < 1.29 is 34.2 Å². The smallest absolute Gasteiger partial charge is 0.326 e. The Kier molecular flexibility index (Phi) is 11.3. The van der Waals surface area contributed by atoms with Gasteiger partial charge in [0.25, 0.3) is 11.8 Å². The molecule has 3 amide bonds. The minimum absolute atomic E-state index is 0. The molecule has 2 aromatic heterocycles. The Morgan fingerprint density at radius 3 is 2.42 bits per heavy atom. The topological polar surface area (TPSA) is 205 Å². The first kappa shape index (κ1) is 35.3. The number of likely N-dealkylation sites (tertiary alicyclic amines) is 1. The number of nitrogen functional groups attached to an aromatic ring is 1. The third-order valence-electron chi connectivity index (χ3n) is 7.44. The van der Waals surface area contributed by atoms with E-state index in [9.17, 15) is 29.1 Å². The molecule has 4 aromatic rings. The molecule has 3 heterocycles. The average Bonchev–Trinajstić information content (AvgIpc) is 3.06. The number of pyridine rings is 2. The summed E-state index contributed by atoms with van der Waals surface area (Å²) in [6.45, 7) is 0.367. The lowest BCUT2D eigenvalue weighted by Gasteiger charge is -2.33. The van der Waals surface area contributed by atoms with Crippen LogP contribution in [-0.4, -0.2) is 67.3 Å². The van der Waals surface area contributed by atoms with Gasteiger partial charge in [-0.2, -0.15) is 0 Å². The predicted octanol–water partition coefficient (Wildman–Crippen LogP) is 3.87. The third-order valence-corrected chi connectivity index (χ3v) is 7.75.